The normalized spacial score (nSPS) is 11.1. The fourth-order valence-electron chi connectivity index (χ4n) is 2.78. The maximum Gasteiger partial charge on any atom is -0.00268 e. The van der Waals surface area contributed by atoms with E-state index in [-0.39, 0.29) is 0 Å². The topological polar surface area (TPSA) is 0 Å². The molecule has 2 aromatic rings. The number of rotatable bonds is 10. The lowest BCUT2D eigenvalue weighted by Crippen LogP contribution is -1.92. The first kappa shape index (κ1) is 16.4. The van der Waals surface area contributed by atoms with Gasteiger partial charge in [0.2, 0.25) is 0 Å². The van der Waals surface area contributed by atoms with Gasteiger partial charge in [-0.05, 0) is 40.7 Å². The highest BCUT2D eigenvalue weighted by Gasteiger charge is 2.00. The second-order valence-corrected chi connectivity index (χ2v) is 6.99. The number of benzene rings is 2. The van der Waals surface area contributed by atoms with Crippen molar-refractivity contribution in [1.29, 1.82) is 0 Å². The number of fused-ring (bicyclic) bond motifs is 1. The molecule has 0 aliphatic rings. The van der Waals surface area contributed by atoms with E-state index in [9.17, 15) is 0 Å². The van der Waals surface area contributed by atoms with E-state index in [0.29, 0.717) is 0 Å². The van der Waals surface area contributed by atoms with Crippen molar-refractivity contribution < 1.29 is 0 Å². The van der Waals surface area contributed by atoms with Gasteiger partial charge in [0.1, 0.15) is 0 Å². The molecule has 0 atom stereocenters. The van der Waals surface area contributed by atoms with E-state index in [0.717, 1.165) is 0 Å². The molecule has 2 aromatic carbocycles. The molecule has 0 saturated heterocycles. The molecule has 1 heteroatoms. The molecule has 114 valence electrons. The minimum atomic E-state index is 1.20. The SMILES string of the molecule is CCCCCCCCSCCc1cccc2ccccc12. The van der Waals surface area contributed by atoms with Crippen molar-refractivity contribution in [2.45, 2.75) is 51.9 Å². The van der Waals surface area contributed by atoms with Gasteiger partial charge in [-0.3, -0.25) is 0 Å². The van der Waals surface area contributed by atoms with Crippen molar-refractivity contribution in [3.8, 4) is 0 Å². The van der Waals surface area contributed by atoms with Crippen molar-refractivity contribution in [3.63, 3.8) is 0 Å². The number of hydrogen-bond acceptors (Lipinski definition) is 1. The molecule has 0 heterocycles. The Labute approximate surface area is 134 Å². The average molecular weight is 301 g/mol. The number of aryl methyl sites for hydroxylation is 1. The summed E-state index contributed by atoms with van der Waals surface area (Å²) in [4.78, 5) is 0. The second kappa shape index (κ2) is 9.89. The largest absolute Gasteiger partial charge is 0.162 e. The van der Waals surface area contributed by atoms with Crippen LogP contribution in [0.5, 0.6) is 0 Å². The van der Waals surface area contributed by atoms with E-state index in [1.165, 1.54) is 72.8 Å². The van der Waals surface area contributed by atoms with E-state index >= 15 is 0 Å². The zero-order chi connectivity index (χ0) is 14.8. The van der Waals surface area contributed by atoms with Gasteiger partial charge in [0.15, 0.2) is 0 Å². The number of thioether (sulfide) groups is 1. The minimum Gasteiger partial charge on any atom is -0.162 e. The molecule has 0 bridgehead atoms. The highest BCUT2D eigenvalue weighted by atomic mass is 32.2. The van der Waals surface area contributed by atoms with Crippen LogP contribution in [0.3, 0.4) is 0 Å². The quantitative estimate of drug-likeness (QED) is 0.453. The third-order valence-electron chi connectivity index (χ3n) is 4.04. The van der Waals surface area contributed by atoms with Gasteiger partial charge >= 0.3 is 0 Å². The summed E-state index contributed by atoms with van der Waals surface area (Å²) < 4.78 is 0. The zero-order valence-corrected chi connectivity index (χ0v) is 14.1. The van der Waals surface area contributed by atoms with Gasteiger partial charge in [0, 0.05) is 0 Å². The predicted molar refractivity (Wildman–Crippen MR) is 98.4 cm³/mol. The van der Waals surface area contributed by atoms with Gasteiger partial charge in [-0.1, -0.05) is 81.5 Å². The van der Waals surface area contributed by atoms with E-state index in [2.05, 4.69) is 61.2 Å². The Bertz CT molecular complexity index is 513. The highest BCUT2D eigenvalue weighted by Crippen LogP contribution is 2.20. The van der Waals surface area contributed by atoms with Crippen LogP contribution in [0, 0.1) is 0 Å². The standard InChI is InChI=1S/C20H28S/c1-2-3-4-5-6-9-16-21-17-15-19-13-10-12-18-11-7-8-14-20(18)19/h7-8,10-14H,2-6,9,15-17H2,1H3. The second-order valence-electron chi connectivity index (χ2n) is 5.77. The van der Waals surface area contributed by atoms with Gasteiger partial charge in [0.25, 0.3) is 0 Å². The summed E-state index contributed by atoms with van der Waals surface area (Å²) in [5, 5.41) is 2.80. The van der Waals surface area contributed by atoms with Crippen LogP contribution in [0.25, 0.3) is 10.8 Å². The van der Waals surface area contributed by atoms with E-state index in [1.54, 1.807) is 0 Å². The number of hydrogen-bond donors (Lipinski definition) is 0. The third-order valence-corrected chi connectivity index (χ3v) is 5.11. The molecule has 0 fully saturated rings. The Morgan fingerprint density at radius 3 is 2.43 bits per heavy atom. The molecule has 0 radical (unpaired) electrons. The first-order valence-electron chi connectivity index (χ1n) is 8.46. The molecule has 0 amide bonds. The lowest BCUT2D eigenvalue weighted by molar-refractivity contribution is 0.627. The molecule has 0 aliphatic carbocycles. The average Bonchev–Trinajstić information content (AvgIpc) is 2.53. The zero-order valence-electron chi connectivity index (χ0n) is 13.3. The summed E-state index contributed by atoms with van der Waals surface area (Å²) in [5.41, 5.74) is 1.50. The maximum absolute atomic E-state index is 2.29. The lowest BCUT2D eigenvalue weighted by Gasteiger charge is -2.06. The van der Waals surface area contributed by atoms with Crippen molar-refractivity contribution in [3.05, 3.63) is 48.0 Å². The molecule has 0 saturated carbocycles. The molecular formula is C20H28S. The first-order chi connectivity index (χ1) is 10.4. The summed E-state index contributed by atoms with van der Waals surface area (Å²) in [7, 11) is 0. The summed E-state index contributed by atoms with van der Waals surface area (Å²) >= 11 is 2.12. The van der Waals surface area contributed by atoms with Gasteiger partial charge in [-0.2, -0.15) is 11.8 Å². The van der Waals surface area contributed by atoms with Crippen LogP contribution in [0.2, 0.25) is 0 Å². The van der Waals surface area contributed by atoms with Crippen molar-refractivity contribution in [2.24, 2.45) is 0 Å². The van der Waals surface area contributed by atoms with Crippen LogP contribution in [0.15, 0.2) is 42.5 Å². The smallest absolute Gasteiger partial charge is 0.00268 e. The van der Waals surface area contributed by atoms with Gasteiger partial charge < -0.3 is 0 Å². The summed E-state index contributed by atoms with van der Waals surface area (Å²) in [6, 6.07) is 15.4. The van der Waals surface area contributed by atoms with Crippen LogP contribution in [0.1, 0.15) is 51.0 Å². The maximum atomic E-state index is 2.29. The van der Waals surface area contributed by atoms with E-state index in [4.69, 9.17) is 0 Å². The molecular weight excluding hydrogens is 272 g/mol. The van der Waals surface area contributed by atoms with E-state index in [1.807, 2.05) is 0 Å². The Hall–Kier alpha value is -0.950. The van der Waals surface area contributed by atoms with E-state index < -0.39 is 0 Å². The Balaban J connectivity index is 1.64. The minimum absolute atomic E-state index is 1.20. The predicted octanol–water partition coefficient (Wildman–Crippen LogP) is 6.48. The lowest BCUT2D eigenvalue weighted by atomic mass is 10.0. The number of unbranched alkanes of at least 4 members (excludes halogenated alkanes) is 5. The Morgan fingerprint density at radius 1 is 0.762 bits per heavy atom. The molecule has 0 N–H and O–H groups in total. The van der Waals surface area contributed by atoms with Crippen molar-refractivity contribution >= 4 is 22.5 Å². The van der Waals surface area contributed by atoms with Crippen LogP contribution >= 0.6 is 11.8 Å². The molecule has 2 rings (SSSR count). The Kier molecular flexibility index (Phi) is 7.73. The van der Waals surface area contributed by atoms with Gasteiger partial charge in [-0.15, -0.1) is 0 Å². The molecule has 0 unspecified atom stereocenters. The molecule has 0 nitrogen and oxygen atoms in total. The summed E-state index contributed by atoms with van der Waals surface area (Å²) in [5.74, 6) is 2.58. The molecule has 0 aliphatic heterocycles. The Morgan fingerprint density at radius 2 is 1.52 bits per heavy atom. The van der Waals surface area contributed by atoms with Gasteiger partial charge in [-0.25, -0.2) is 0 Å². The van der Waals surface area contributed by atoms with Crippen molar-refractivity contribution in [1.82, 2.24) is 0 Å². The van der Waals surface area contributed by atoms with Gasteiger partial charge in [0.05, 0.1) is 0 Å². The third kappa shape index (κ3) is 5.74. The monoisotopic (exact) mass is 300 g/mol. The van der Waals surface area contributed by atoms with Crippen LogP contribution in [0.4, 0.5) is 0 Å². The fraction of sp³-hybridized carbons (Fsp3) is 0.500. The summed E-state index contributed by atoms with van der Waals surface area (Å²) in [6.07, 6.45) is 9.62. The first-order valence-corrected chi connectivity index (χ1v) is 9.61. The van der Waals surface area contributed by atoms with Crippen LogP contribution in [-0.4, -0.2) is 11.5 Å². The molecule has 21 heavy (non-hydrogen) atoms. The highest BCUT2D eigenvalue weighted by molar-refractivity contribution is 7.99. The van der Waals surface area contributed by atoms with Crippen molar-refractivity contribution in [2.75, 3.05) is 11.5 Å². The molecule has 0 spiro atoms. The van der Waals surface area contributed by atoms with Crippen LogP contribution < -0.4 is 0 Å². The summed E-state index contributed by atoms with van der Waals surface area (Å²) in [6.45, 7) is 2.28. The molecule has 0 aromatic heterocycles. The van der Waals surface area contributed by atoms with Crippen LogP contribution in [-0.2, 0) is 6.42 Å². The fourth-order valence-corrected chi connectivity index (χ4v) is 3.76.